The van der Waals surface area contributed by atoms with Crippen molar-refractivity contribution in [2.45, 2.75) is 6.92 Å². The second-order valence-electron chi connectivity index (χ2n) is 4.23. The largest absolute Gasteiger partial charge is 0.399 e. The molecule has 0 saturated carbocycles. The van der Waals surface area contributed by atoms with E-state index in [1.165, 1.54) is 6.07 Å². The summed E-state index contributed by atoms with van der Waals surface area (Å²) in [4.78, 5) is 11.4. The zero-order valence-corrected chi connectivity index (χ0v) is 12.1. The SMILES string of the molecule is CSCC(C)CNc1c(Cl)cc(N)cc1C(N)=O. The van der Waals surface area contributed by atoms with Crippen LogP contribution >= 0.6 is 23.4 Å². The fraction of sp³-hybridized carbons (Fsp3) is 0.417. The molecule has 0 aromatic heterocycles. The first-order valence-corrected chi connectivity index (χ1v) is 7.34. The molecule has 0 radical (unpaired) electrons. The van der Waals surface area contributed by atoms with Gasteiger partial charge in [0.15, 0.2) is 0 Å². The quantitative estimate of drug-likeness (QED) is 0.702. The third-order valence-electron chi connectivity index (χ3n) is 2.46. The highest BCUT2D eigenvalue weighted by Crippen LogP contribution is 2.29. The highest BCUT2D eigenvalue weighted by atomic mass is 35.5. The maximum absolute atomic E-state index is 11.4. The standard InChI is InChI=1S/C12H18ClN3OS/c1-7(6-18-2)5-16-11-9(12(15)17)3-8(14)4-10(11)13/h3-4,7,16H,5-6,14H2,1-2H3,(H2,15,17). The molecule has 5 N–H and O–H groups in total. The topological polar surface area (TPSA) is 81.1 Å². The highest BCUT2D eigenvalue weighted by molar-refractivity contribution is 7.98. The second kappa shape index (κ2) is 6.75. The summed E-state index contributed by atoms with van der Waals surface area (Å²) >= 11 is 7.86. The normalized spacial score (nSPS) is 12.2. The summed E-state index contributed by atoms with van der Waals surface area (Å²) in [7, 11) is 0. The van der Waals surface area contributed by atoms with Crippen molar-refractivity contribution in [3.63, 3.8) is 0 Å². The molecule has 0 bridgehead atoms. The molecule has 4 nitrogen and oxygen atoms in total. The Morgan fingerprint density at radius 2 is 2.22 bits per heavy atom. The summed E-state index contributed by atoms with van der Waals surface area (Å²) in [6.07, 6.45) is 2.06. The summed E-state index contributed by atoms with van der Waals surface area (Å²) in [6, 6.07) is 3.14. The number of rotatable bonds is 6. The number of thioether (sulfide) groups is 1. The summed E-state index contributed by atoms with van der Waals surface area (Å²) in [5, 5.41) is 3.59. The van der Waals surface area contributed by atoms with Crippen molar-refractivity contribution in [1.29, 1.82) is 0 Å². The Morgan fingerprint density at radius 3 is 2.78 bits per heavy atom. The predicted octanol–water partition coefficient (Wildman–Crippen LogP) is 2.43. The van der Waals surface area contributed by atoms with Gasteiger partial charge < -0.3 is 16.8 Å². The predicted molar refractivity (Wildman–Crippen MR) is 80.4 cm³/mol. The number of carbonyl (C=O) groups excluding carboxylic acids is 1. The monoisotopic (exact) mass is 287 g/mol. The van der Waals surface area contributed by atoms with Gasteiger partial charge in [-0.2, -0.15) is 11.8 Å². The van der Waals surface area contributed by atoms with Crippen LogP contribution in [0.5, 0.6) is 0 Å². The van der Waals surface area contributed by atoms with Crippen molar-refractivity contribution in [1.82, 2.24) is 0 Å². The molecule has 0 aliphatic carbocycles. The van der Waals surface area contributed by atoms with Crippen molar-refractivity contribution in [2.75, 3.05) is 29.6 Å². The number of anilines is 2. The van der Waals surface area contributed by atoms with Gasteiger partial charge in [-0.05, 0) is 30.1 Å². The van der Waals surface area contributed by atoms with Gasteiger partial charge in [-0.3, -0.25) is 4.79 Å². The Kier molecular flexibility index (Phi) is 5.62. The van der Waals surface area contributed by atoms with Crippen LogP contribution in [0.3, 0.4) is 0 Å². The van der Waals surface area contributed by atoms with E-state index in [2.05, 4.69) is 18.5 Å². The smallest absolute Gasteiger partial charge is 0.250 e. The van der Waals surface area contributed by atoms with E-state index in [0.717, 1.165) is 12.3 Å². The molecule has 1 aromatic rings. The minimum atomic E-state index is -0.538. The van der Waals surface area contributed by atoms with E-state index in [9.17, 15) is 4.79 Å². The molecule has 1 atom stereocenters. The molecule has 0 aliphatic rings. The zero-order chi connectivity index (χ0) is 13.7. The summed E-state index contributed by atoms with van der Waals surface area (Å²) in [5.41, 5.74) is 12.3. The van der Waals surface area contributed by atoms with E-state index in [1.54, 1.807) is 17.8 Å². The number of amides is 1. The van der Waals surface area contributed by atoms with Crippen LogP contribution < -0.4 is 16.8 Å². The van der Waals surface area contributed by atoms with Crippen molar-refractivity contribution in [3.05, 3.63) is 22.7 Å². The van der Waals surface area contributed by atoms with Crippen LogP contribution in [0.25, 0.3) is 0 Å². The lowest BCUT2D eigenvalue weighted by atomic mass is 10.1. The Morgan fingerprint density at radius 1 is 1.56 bits per heavy atom. The van der Waals surface area contributed by atoms with Gasteiger partial charge in [0.05, 0.1) is 16.3 Å². The van der Waals surface area contributed by atoms with Crippen LogP contribution in [0.1, 0.15) is 17.3 Å². The number of nitrogen functional groups attached to an aromatic ring is 1. The molecule has 0 aliphatic heterocycles. The number of carbonyl (C=O) groups is 1. The van der Waals surface area contributed by atoms with Gasteiger partial charge in [0.25, 0.3) is 5.91 Å². The zero-order valence-electron chi connectivity index (χ0n) is 10.5. The number of primary amides is 1. The number of nitrogens with two attached hydrogens (primary N) is 2. The molecule has 0 heterocycles. The molecule has 1 aromatic carbocycles. The first-order valence-electron chi connectivity index (χ1n) is 5.57. The third kappa shape index (κ3) is 3.99. The van der Waals surface area contributed by atoms with E-state index >= 15 is 0 Å². The lowest BCUT2D eigenvalue weighted by Crippen LogP contribution is -2.19. The molecule has 1 amide bonds. The molecular weight excluding hydrogens is 270 g/mol. The molecule has 0 spiro atoms. The minimum Gasteiger partial charge on any atom is -0.399 e. The van der Waals surface area contributed by atoms with Crippen LogP contribution in [-0.4, -0.2) is 24.5 Å². The average molecular weight is 288 g/mol. The van der Waals surface area contributed by atoms with Crippen molar-refractivity contribution >= 4 is 40.6 Å². The fourth-order valence-corrected chi connectivity index (χ4v) is 2.60. The van der Waals surface area contributed by atoms with Crippen LogP contribution in [0.2, 0.25) is 5.02 Å². The fourth-order valence-electron chi connectivity index (χ4n) is 1.62. The van der Waals surface area contributed by atoms with Crippen LogP contribution in [0, 0.1) is 5.92 Å². The second-order valence-corrected chi connectivity index (χ2v) is 5.55. The van der Waals surface area contributed by atoms with Crippen molar-refractivity contribution < 1.29 is 4.79 Å². The van der Waals surface area contributed by atoms with Gasteiger partial charge in [0, 0.05) is 12.2 Å². The van der Waals surface area contributed by atoms with Gasteiger partial charge >= 0.3 is 0 Å². The summed E-state index contributed by atoms with van der Waals surface area (Å²) in [5.74, 6) is 0.962. The maximum atomic E-state index is 11.4. The lowest BCUT2D eigenvalue weighted by molar-refractivity contribution is 0.100. The Labute approximate surface area is 116 Å². The van der Waals surface area contributed by atoms with Crippen LogP contribution in [0.4, 0.5) is 11.4 Å². The van der Waals surface area contributed by atoms with Gasteiger partial charge in [0.2, 0.25) is 0 Å². The van der Waals surface area contributed by atoms with Gasteiger partial charge in [0.1, 0.15) is 0 Å². The average Bonchev–Trinajstić information content (AvgIpc) is 2.27. The lowest BCUT2D eigenvalue weighted by Gasteiger charge is -2.16. The first kappa shape index (κ1) is 15.0. The van der Waals surface area contributed by atoms with Gasteiger partial charge in [-0.15, -0.1) is 0 Å². The van der Waals surface area contributed by atoms with E-state index in [0.29, 0.717) is 27.9 Å². The molecule has 0 saturated heterocycles. The Hall–Kier alpha value is -1.07. The number of hydrogen-bond acceptors (Lipinski definition) is 4. The molecular formula is C12H18ClN3OS. The van der Waals surface area contributed by atoms with E-state index < -0.39 is 5.91 Å². The molecule has 6 heteroatoms. The van der Waals surface area contributed by atoms with E-state index in [1.807, 2.05) is 0 Å². The van der Waals surface area contributed by atoms with Crippen molar-refractivity contribution in [3.8, 4) is 0 Å². The molecule has 1 unspecified atom stereocenters. The van der Waals surface area contributed by atoms with E-state index in [4.69, 9.17) is 23.1 Å². The Balaban J connectivity index is 2.90. The molecule has 100 valence electrons. The number of halogens is 1. The number of benzene rings is 1. The minimum absolute atomic E-state index is 0.330. The number of nitrogens with one attached hydrogen (secondary N) is 1. The summed E-state index contributed by atoms with van der Waals surface area (Å²) in [6.45, 7) is 2.85. The molecule has 0 fully saturated rings. The third-order valence-corrected chi connectivity index (χ3v) is 3.66. The van der Waals surface area contributed by atoms with Crippen LogP contribution in [0.15, 0.2) is 12.1 Å². The molecule has 1 rings (SSSR count). The highest BCUT2D eigenvalue weighted by Gasteiger charge is 2.13. The van der Waals surface area contributed by atoms with Gasteiger partial charge in [-0.1, -0.05) is 18.5 Å². The maximum Gasteiger partial charge on any atom is 0.250 e. The van der Waals surface area contributed by atoms with Gasteiger partial charge in [-0.25, -0.2) is 0 Å². The first-order chi connectivity index (χ1) is 8.45. The molecule has 18 heavy (non-hydrogen) atoms. The Bertz CT molecular complexity index is 440. The van der Waals surface area contributed by atoms with Crippen molar-refractivity contribution in [2.24, 2.45) is 11.7 Å². The van der Waals surface area contributed by atoms with Crippen LogP contribution in [-0.2, 0) is 0 Å². The summed E-state index contributed by atoms with van der Waals surface area (Å²) < 4.78 is 0. The number of hydrogen-bond donors (Lipinski definition) is 3. The van der Waals surface area contributed by atoms with E-state index in [-0.39, 0.29) is 0 Å².